The maximum absolute atomic E-state index is 13.5. The van der Waals surface area contributed by atoms with Gasteiger partial charge in [-0.15, -0.1) is 0 Å². The van der Waals surface area contributed by atoms with Crippen LogP contribution < -0.4 is 15.6 Å². The second kappa shape index (κ2) is 9.30. The quantitative estimate of drug-likeness (QED) is 0.435. The normalized spacial score (nSPS) is 11.3. The van der Waals surface area contributed by atoms with Gasteiger partial charge in [-0.25, -0.2) is 9.36 Å². The molecule has 0 bridgehead atoms. The van der Waals surface area contributed by atoms with E-state index < -0.39 is 11.5 Å². The molecule has 0 aliphatic rings. The summed E-state index contributed by atoms with van der Waals surface area (Å²) in [5, 5.41) is 12.9. The maximum Gasteiger partial charge on any atom is 0.293 e. The average Bonchev–Trinajstić information content (AvgIpc) is 3.23. The fraction of sp³-hybridized carbons (Fsp3) is 0.280. The summed E-state index contributed by atoms with van der Waals surface area (Å²) in [6.45, 7) is 7.74. The van der Waals surface area contributed by atoms with Crippen molar-refractivity contribution in [2.24, 2.45) is 0 Å². The molecule has 0 saturated heterocycles. The molecule has 0 spiro atoms. The van der Waals surface area contributed by atoms with E-state index in [2.05, 4.69) is 15.5 Å². The minimum atomic E-state index is -0.429. The summed E-state index contributed by atoms with van der Waals surface area (Å²) in [6, 6.07) is 10.8. The van der Waals surface area contributed by atoms with Crippen molar-refractivity contribution in [2.75, 3.05) is 12.4 Å². The van der Waals surface area contributed by atoms with E-state index in [1.165, 1.54) is 11.8 Å². The zero-order chi connectivity index (χ0) is 24.6. The molecule has 9 heteroatoms. The van der Waals surface area contributed by atoms with Gasteiger partial charge in [0.15, 0.2) is 0 Å². The number of fused-ring (bicyclic) bond motifs is 1. The minimum Gasteiger partial charge on any atom is -0.495 e. The predicted molar refractivity (Wildman–Crippen MR) is 133 cm³/mol. The lowest BCUT2D eigenvalue weighted by atomic mass is 10.1. The summed E-state index contributed by atoms with van der Waals surface area (Å²) in [4.78, 5) is 26.4. The number of anilines is 1. The van der Waals surface area contributed by atoms with Crippen molar-refractivity contribution in [1.29, 1.82) is 0 Å². The van der Waals surface area contributed by atoms with Crippen molar-refractivity contribution in [3.05, 3.63) is 74.8 Å². The van der Waals surface area contributed by atoms with E-state index in [4.69, 9.17) is 16.3 Å². The fourth-order valence-corrected chi connectivity index (χ4v) is 3.96. The Hall–Kier alpha value is -3.65. The number of aromatic nitrogens is 4. The van der Waals surface area contributed by atoms with E-state index in [1.807, 2.05) is 45.9 Å². The van der Waals surface area contributed by atoms with Gasteiger partial charge in [0, 0.05) is 10.4 Å². The highest BCUT2D eigenvalue weighted by Gasteiger charge is 2.20. The van der Waals surface area contributed by atoms with E-state index >= 15 is 0 Å². The number of carbonyl (C=O) groups excluding carboxylic acids is 1. The summed E-state index contributed by atoms with van der Waals surface area (Å²) in [5.74, 6) is 0.0495. The van der Waals surface area contributed by atoms with Crippen LogP contribution in [-0.2, 0) is 11.3 Å². The molecule has 34 heavy (non-hydrogen) atoms. The van der Waals surface area contributed by atoms with Gasteiger partial charge in [0.05, 0.1) is 30.4 Å². The third-order valence-corrected chi connectivity index (χ3v) is 5.96. The molecule has 176 valence electrons. The van der Waals surface area contributed by atoms with Crippen LogP contribution in [-0.4, -0.2) is 32.6 Å². The van der Waals surface area contributed by atoms with Gasteiger partial charge in [-0.3, -0.25) is 9.59 Å². The van der Waals surface area contributed by atoms with Gasteiger partial charge in [0.25, 0.3) is 5.56 Å². The number of hydrogen-bond donors (Lipinski definition) is 1. The fourth-order valence-electron chi connectivity index (χ4n) is 3.78. The third-order valence-electron chi connectivity index (χ3n) is 5.72. The van der Waals surface area contributed by atoms with Crippen LogP contribution in [0.3, 0.4) is 0 Å². The van der Waals surface area contributed by atoms with Gasteiger partial charge < -0.3 is 10.1 Å². The SMILES string of the molecule is COc1ccc(Cl)cc1NC(=O)Cn1nc(C(C)C)c2cnn(-c3ccc(C)c(C)c3)c2c1=O. The summed E-state index contributed by atoms with van der Waals surface area (Å²) in [7, 11) is 1.50. The standard InChI is InChI=1S/C25H26ClN5O3/c1-14(2)23-19-12-27-31(18-8-6-15(3)16(4)10-18)24(19)25(33)30(29-23)13-22(32)28-20-11-17(26)7-9-21(20)34-5/h6-12,14H,13H2,1-5H3,(H,28,32). The lowest BCUT2D eigenvalue weighted by Gasteiger charge is -2.14. The highest BCUT2D eigenvalue weighted by Crippen LogP contribution is 2.28. The lowest BCUT2D eigenvalue weighted by Crippen LogP contribution is -2.31. The third kappa shape index (κ3) is 4.41. The monoisotopic (exact) mass is 479 g/mol. The Morgan fingerprint density at radius 3 is 2.59 bits per heavy atom. The van der Waals surface area contributed by atoms with Crippen molar-refractivity contribution in [2.45, 2.75) is 40.2 Å². The van der Waals surface area contributed by atoms with Crippen molar-refractivity contribution in [1.82, 2.24) is 19.6 Å². The Balaban J connectivity index is 1.78. The van der Waals surface area contributed by atoms with Gasteiger partial charge in [0.1, 0.15) is 17.8 Å². The molecule has 0 unspecified atom stereocenters. The number of nitrogens with one attached hydrogen (secondary N) is 1. The Morgan fingerprint density at radius 2 is 1.91 bits per heavy atom. The molecule has 1 amide bonds. The van der Waals surface area contributed by atoms with Crippen LogP contribution in [0.25, 0.3) is 16.6 Å². The number of carbonyl (C=O) groups is 1. The number of nitrogens with zero attached hydrogens (tertiary/aromatic N) is 4. The molecular formula is C25H26ClN5O3. The summed E-state index contributed by atoms with van der Waals surface area (Å²) < 4.78 is 8.09. The molecule has 8 nitrogen and oxygen atoms in total. The van der Waals surface area contributed by atoms with E-state index in [9.17, 15) is 9.59 Å². The van der Waals surface area contributed by atoms with Gasteiger partial charge in [-0.2, -0.15) is 10.2 Å². The van der Waals surface area contributed by atoms with E-state index in [0.717, 1.165) is 16.8 Å². The molecule has 1 N–H and O–H groups in total. The largest absolute Gasteiger partial charge is 0.495 e. The van der Waals surface area contributed by atoms with Gasteiger partial charge in [-0.1, -0.05) is 31.5 Å². The number of aryl methyl sites for hydroxylation is 2. The van der Waals surface area contributed by atoms with Gasteiger partial charge >= 0.3 is 0 Å². The molecule has 0 radical (unpaired) electrons. The lowest BCUT2D eigenvalue weighted by molar-refractivity contribution is -0.117. The molecule has 0 aliphatic carbocycles. The average molecular weight is 480 g/mol. The zero-order valence-corrected chi connectivity index (χ0v) is 20.5. The van der Waals surface area contributed by atoms with Crippen molar-refractivity contribution in [3.8, 4) is 11.4 Å². The summed E-state index contributed by atoms with van der Waals surface area (Å²) in [6.07, 6.45) is 1.66. The molecule has 4 rings (SSSR count). The van der Waals surface area contributed by atoms with E-state index in [-0.39, 0.29) is 12.5 Å². The highest BCUT2D eigenvalue weighted by atomic mass is 35.5. The second-order valence-corrected chi connectivity index (χ2v) is 8.92. The van der Waals surface area contributed by atoms with Crippen molar-refractivity contribution >= 4 is 34.1 Å². The topological polar surface area (TPSA) is 91.0 Å². The molecule has 2 aromatic carbocycles. The Kier molecular flexibility index (Phi) is 6.43. The molecule has 2 aromatic heterocycles. The zero-order valence-electron chi connectivity index (χ0n) is 19.7. The second-order valence-electron chi connectivity index (χ2n) is 8.48. The Bertz CT molecular complexity index is 1460. The summed E-state index contributed by atoms with van der Waals surface area (Å²) >= 11 is 6.06. The van der Waals surface area contributed by atoms with Crippen LogP contribution in [0.2, 0.25) is 5.02 Å². The molecule has 0 atom stereocenters. The number of hydrogen-bond acceptors (Lipinski definition) is 5. The number of methoxy groups -OCH3 is 1. The van der Waals surface area contributed by atoms with Crippen LogP contribution in [0, 0.1) is 13.8 Å². The summed E-state index contributed by atoms with van der Waals surface area (Å²) in [5.41, 5.74) is 4.11. The number of ether oxygens (including phenoxy) is 1. The predicted octanol–water partition coefficient (Wildman–Crippen LogP) is 4.62. The molecule has 0 fully saturated rings. The minimum absolute atomic E-state index is 0.0165. The first-order valence-corrected chi connectivity index (χ1v) is 11.3. The molecule has 0 saturated carbocycles. The molecule has 0 aliphatic heterocycles. The van der Waals surface area contributed by atoms with Crippen LogP contribution in [0.5, 0.6) is 5.75 Å². The van der Waals surface area contributed by atoms with Crippen LogP contribution in [0.15, 0.2) is 47.4 Å². The van der Waals surface area contributed by atoms with Gasteiger partial charge in [0.2, 0.25) is 5.91 Å². The maximum atomic E-state index is 13.5. The van der Waals surface area contributed by atoms with E-state index in [0.29, 0.717) is 33.1 Å². The number of benzene rings is 2. The Labute approximate surface area is 202 Å². The molecule has 4 aromatic rings. The smallest absolute Gasteiger partial charge is 0.293 e. The first-order valence-electron chi connectivity index (χ1n) is 10.9. The van der Waals surface area contributed by atoms with Crippen LogP contribution in [0.4, 0.5) is 5.69 Å². The number of rotatable bonds is 6. The van der Waals surface area contributed by atoms with Crippen LogP contribution >= 0.6 is 11.6 Å². The first-order chi connectivity index (χ1) is 16.2. The highest BCUT2D eigenvalue weighted by molar-refractivity contribution is 6.31. The number of halogens is 1. The molecular weight excluding hydrogens is 454 g/mol. The number of amides is 1. The first kappa shape index (κ1) is 23.5. The van der Waals surface area contributed by atoms with Crippen molar-refractivity contribution < 1.29 is 9.53 Å². The van der Waals surface area contributed by atoms with Crippen LogP contribution in [0.1, 0.15) is 36.6 Å². The Morgan fingerprint density at radius 1 is 1.15 bits per heavy atom. The van der Waals surface area contributed by atoms with Crippen molar-refractivity contribution in [3.63, 3.8) is 0 Å². The van der Waals surface area contributed by atoms with E-state index in [1.54, 1.807) is 29.1 Å². The molecule has 2 heterocycles. The van der Waals surface area contributed by atoms with Gasteiger partial charge in [-0.05, 0) is 61.2 Å².